The summed E-state index contributed by atoms with van der Waals surface area (Å²) in [5.41, 5.74) is 0.676. The fraction of sp³-hybridized carbons (Fsp3) is 0.455. The number of alkyl halides is 1. The molecule has 0 bridgehead atoms. The summed E-state index contributed by atoms with van der Waals surface area (Å²) in [6.45, 7) is 5.41. The first kappa shape index (κ1) is 12.8. The zero-order valence-electron chi connectivity index (χ0n) is 9.58. The van der Waals surface area contributed by atoms with Gasteiger partial charge in [0.2, 0.25) is 0 Å². The summed E-state index contributed by atoms with van der Waals surface area (Å²) in [4.78, 5) is 15.5. The lowest BCUT2D eigenvalue weighted by molar-refractivity contribution is 0.0635. The molecule has 0 aliphatic rings. The van der Waals surface area contributed by atoms with Crippen LogP contribution in [0.4, 0.5) is 10.5 Å². The Kier molecular flexibility index (Phi) is 4.12. The highest BCUT2D eigenvalue weighted by atomic mass is 35.5. The topological polar surface area (TPSA) is 51.2 Å². The minimum Gasteiger partial charge on any atom is -0.444 e. The third-order valence-corrected chi connectivity index (χ3v) is 1.91. The molecule has 0 saturated heterocycles. The molecule has 0 aliphatic heterocycles. The summed E-state index contributed by atoms with van der Waals surface area (Å²) in [6, 6.07) is 3.46. The van der Waals surface area contributed by atoms with Crippen molar-refractivity contribution in [3.63, 3.8) is 0 Å². The van der Waals surface area contributed by atoms with Crippen molar-refractivity contribution in [3.05, 3.63) is 24.0 Å². The Hall–Kier alpha value is -1.29. The van der Waals surface area contributed by atoms with Crippen LogP contribution in [0.2, 0.25) is 0 Å². The number of rotatable bonds is 2. The Morgan fingerprint density at radius 1 is 1.56 bits per heavy atom. The van der Waals surface area contributed by atoms with Gasteiger partial charge >= 0.3 is 6.09 Å². The molecule has 1 amide bonds. The molecule has 16 heavy (non-hydrogen) atoms. The number of hydrogen-bond acceptors (Lipinski definition) is 3. The first-order chi connectivity index (χ1) is 7.42. The standard InChI is InChI=1S/C11H15ClN2O2/c1-11(2,3)16-10(15)14-8-5-4-6-13-9(8)7-12/h4-6H,7H2,1-3H3,(H,14,15). The number of amides is 1. The number of halogens is 1. The van der Waals surface area contributed by atoms with Crippen LogP contribution in [0.15, 0.2) is 18.3 Å². The maximum absolute atomic E-state index is 11.5. The maximum Gasteiger partial charge on any atom is 0.412 e. The van der Waals surface area contributed by atoms with Crippen molar-refractivity contribution in [2.75, 3.05) is 5.32 Å². The van der Waals surface area contributed by atoms with E-state index in [1.54, 1.807) is 39.1 Å². The van der Waals surface area contributed by atoms with Crippen molar-refractivity contribution >= 4 is 23.4 Å². The second kappa shape index (κ2) is 5.16. The predicted octanol–water partition coefficient (Wildman–Crippen LogP) is 3.17. The number of ether oxygens (including phenoxy) is 1. The van der Waals surface area contributed by atoms with E-state index in [1.807, 2.05) is 0 Å². The van der Waals surface area contributed by atoms with Crippen LogP contribution in [0, 0.1) is 0 Å². The van der Waals surface area contributed by atoms with Crippen molar-refractivity contribution in [2.24, 2.45) is 0 Å². The monoisotopic (exact) mass is 242 g/mol. The molecule has 1 aromatic rings. The number of carbonyl (C=O) groups is 1. The maximum atomic E-state index is 11.5. The molecule has 88 valence electrons. The molecule has 1 N–H and O–H groups in total. The van der Waals surface area contributed by atoms with Crippen molar-refractivity contribution in [1.82, 2.24) is 4.98 Å². The molecule has 0 radical (unpaired) electrons. The second-order valence-corrected chi connectivity index (χ2v) is 4.53. The van der Waals surface area contributed by atoms with Gasteiger partial charge in [0.25, 0.3) is 0 Å². The lowest BCUT2D eigenvalue weighted by Gasteiger charge is -2.20. The van der Waals surface area contributed by atoms with Gasteiger partial charge in [-0.05, 0) is 32.9 Å². The summed E-state index contributed by atoms with van der Waals surface area (Å²) in [7, 11) is 0. The van der Waals surface area contributed by atoms with Crippen LogP contribution in [0.5, 0.6) is 0 Å². The molecule has 1 aromatic heterocycles. The van der Waals surface area contributed by atoms with E-state index in [0.29, 0.717) is 11.4 Å². The molecule has 0 unspecified atom stereocenters. The van der Waals surface area contributed by atoms with Crippen LogP contribution in [0.25, 0.3) is 0 Å². The van der Waals surface area contributed by atoms with E-state index in [9.17, 15) is 4.79 Å². The second-order valence-electron chi connectivity index (χ2n) is 4.26. The average molecular weight is 243 g/mol. The number of pyridine rings is 1. The number of aromatic nitrogens is 1. The fourth-order valence-corrected chi connectivity index (χ4v) is 1.28. The molecule has 4 nitrogen and oxygen atoms in total. The van der Waals surface area contributed by atoms with Crippen LogP contribution in [-0.2, 0) is 10.6 Å². The smallest absolute Gasteiger partial charge is 0.412 e. The third-order valence-electron chi connectivity index (χ3n) is 1.65. The Morgan fingerprint density at radius 3 is 2.81 bits per heavy atom. The van der Waals surface area contributed by atoms with Crippen LogP contribution in [-0.4, -0.2) is 16.7 Å². The van der Waals surface area contributed by atoms with E-state index in [0.717, 1.165) is 0 Å². The number of anilines is 1. The highest BCUT2D eigenvalue weighted by Crippen LogP contribution is 2.16. The largest absolute Gasteiger partial charge is 0.444 e. The van der Waals surface area contributed by atoms with Crippen molar-refractivity contribution in [2.45, 2.75) is 32.3 Å². The van der Waals surface area contributed by atoms with Crippen molar-refractivity contribution in [3.8, 4) is 0 Å². The molecule has 0 fully saturated rings. The molecule has 5 heteroatoms. The molecular formula is C11H15ClN2O2. The Morgan fingerprint density at radius 2 is 2.25 bits per heavy atom. The Labute approximate surface area is 100.0 Å². The number of carbonyl (C=O) groups excluding carboxylic acids is 1. The molecule has 0 aromatic carbocycles. The molecule has 0 saturated carbocycles. The van der Waals surface area contributed by atoms with E-state index < -0.39 is 11.7 Å². The number of nitrogens with one attached hydrogen (secondary N) is 1. The van der Waals surface area contributed by atoms with Crippen LogP contribution in [0.1, 0.15) is 26.5 Å². The first-order valence-corrected chi connectivity index (χ1v) is 5.45. The average Bonchev–Trinajstić information content (AvgIpc) is 2.15. The van der Waals surface area contributed by atoms with E-state index in [2.05, 4.69) is 10.3 Å². The lowest BCUT2D eigenvalue weighted by Crippen LogP contribution is -2.27. The van der Waals surface area contributed by atoms with Crippen LogP contribution >= 0.6 is 11.6 Å². The minimum atomic E-state index is -0.520. The molecule has 1 rings (SSSR count). The van der Waals surface area contributed by atoms with Gasteiger partial charge in [0.15, 0.2) is 0 Å². The van der Waals surface area contributed by atoms with E-state index >= 15 is 0 Å². The highest BCUT2D eigenvalue weighted by molar-refractivity contribution is 6.17. The van der Waals surface area contributed by atoms with E-state index in [4.69, 9.17) is 16.3 Å². The lowest BCUT2D eigenvalue weighted by atomic mass is 10.2. The molecular weight excluding hydrogens is 228 g/mol. The summed E-state index contributed by atoms with van der Waals surface area (Å²) in [5, 5.41) is 2.61. The van der Waals surface area contributed by atoms with Gasteiger partial charge in [-0.15, -0.1) is 11.6 Å². The van der Waals surface area contributed by atoms with Gasteiger partial charge in [0, 0.05) is 6.20 Å². The van der Waals surface area contributed by atoms with E-state index in [1.165, 1.54) is 0 Å². The van der Waals surface area contributed by atoms with Gasteiger partial charge in [0.1, 0.15) is 5.60 Å². The summed E-state index contributed by atoms with van der Waals surface area (Å²) < 4.78 is 5.12. The van der Waals surface area contributed by atoms with Crippen LogP contribution in [0.3, 0.4) is 0 Å². The minimum absolute atomic E-state index is 0.242. The number of nitrogens with zero attached hydrogens (tertiary/aromatic N) is 1. The molecule has 0 aliphatic carbocycles. The zero-order chi connectivity index (χ0) is 12.2. The first-order valence-electron chi connectivity index (χ1n) is 4.92. The van der Waals surface area contributed by atoms with Gasteiger partial charge in [-0.1, -0.05) is 0 Å². The fourth-order valence-electron chi connectivity index (χ4n) is 1.07. The highest BCUT2D eigenvalue weighted by Gasteiger charge is 2.17. The van der Waals surface area contributed by atoms with Crippen molar-refractivity contribution in [1.29, 1.82) is 0 Å². The van der Waals surface area contributed by atoms with E-state index in [-0.39, 0.29) is 5.88 Å². The quantitative estimate of drug-likeness (QED) is 0.811. The summed E-state index contributed by atoms with van der Waals surface area (Å²) >= 11 is 5.69. The van der Waals surface area contributed by atoms with Crippen molar-refractivity contribution < 1.29 is 9.53 Å². The van der Waals surface area contributed by atoms with Gasteiger partial charge in [0.05, 0.1) is 17.3 Å². The Balaban J connectivity index is 2.70. The molecule has 0 atom stereocenters. The zero-order valence-corrected chi connectivity index (χ0v) is 10.3. The Bertz CT molecular complexity index is 374. The van der Waals surface area contributed by atoms with Gasteiger partial charge in [-0.25, -0.2) is 4.79 Å². The van der Waals surface area contributed by atoms with Gasteiger partial charge < -0.3 is 4.74 Å². The SMILES string of the molecule is CC(C)(C)OC(=O)Nc1cccnc1CCl. The predicted molar refractivity (Wildman–Crippen MR) is 63.7 cm³/mol. The molecule has 0 spiro atoms. The van der Waals surface area contributed by atoms with Crippen LogP contribution < -0.4 is 5.32 Å². The molecule has 1 heterocycles. The summed E-state index contributed by atoms with van der Waals surface area (Å²) in [6.07, 6.45) is 1.12. The van der Waals surface area contributed by atoms with Gasteiger partial charge in [-0.3, -0.25) is 10.3 Å². The third kappa shape index (κ3) is 4.06. The van der Waals surface area contributed by atoms with Gasteiger partial charge in [-0.2, -0.15) is 0 Å². The number of hydrogen-bond donors (Lipinski definition) is 1. The normalized spacial score (nSPS) is 11.0. The summed E-state index contributed by atoms with van der Waals surface area (Å²) in [5.74, 6) is 0.242.